The first-order chi connectivity index (χ1) is 14.8. The van der Waals surface area contributed by atoms with Gasteiger partial charge >= 0.3 is 0 Å². The highest BCUT2D eigenvalue weighted by molar-refractivity contribution is 4.55. The zero-order chi connectivity index (χ0) is 23.8. The van der Waals surface area contributed by atoms with Crippen molar-refractivity contribution >= 4 is 0 Å². The smallest absolute Gasteiger partial charge is 0.0857 e. The van der Waals surface area contributed by atoms with Crippen LogP contribution in [-0.4, -0.2) is 42.8 Å². The number of unbranched alkanes of at least 4 members (excludes halogenated alkanes) is 15. The van der Waals surface area contributed by atoms with Gasteiger partial charge in [-0.25, -0.2) is 0 Å². The van der Waals surface area contributed by atoms with Crippen molar-refractivity contribution in [2.24, 2.45) is 5.73 Å². The van der Waals surface area contributed by atoms with Gasteiger partial charge in [0.25, 0.3) is 0 Å². The molecule has 0 saturated carbocycles. The van der Waals surface area contributed by atoms with Crippen LogP contribution < -0.4 is 5.73 Å². The number of hydrogen-bond acceptors (Lipinski definition) is 4. The van der Waals surface area contributed by atoms with Crippen molar-refractivity contribution in [3.63, 3.8) is 0 Å². The average Bonchev–Trinajstić information content (AvgIpc) is 2.71. The van der Waals surface area contributed by atoms with E-state index in [0.29, 0.717) is 0 Å². The lowest BCUT2D eigenvalue weighted by molar-refractivity contribution is -0.913. The van der Waals surface area contributed by atoms with Crippen molar-refractivity contribution in [2.45, 2.75) is 135 Å². The van der Waals surface area contributed by atoms with Gasteiger partial charge in [0.05, 0.1) is 31.8 Å². The van der Waals surface area contributed by atoms with E-state index < -0.39 is 5.09 Å². The Morgan fingerprint density at radius 3 is 1.35 bits per heavy atom. The van der Waals surface area contributed by atoms with Crippen molar-refractivity contribution in [2.75, 3.05) is 27.2 Å². The van der Waals surface area contributed by atoms with E-state index in [2.05, 4.69) is 27.9 Å². The molecule has 1 atom stereocenters. The first-order valence-corrected chi connectivity index (χ1v) is 13.1. The fourth-order valence-electron chi connectivity index (χ4n) is 4.06. The summed E-state index contributed by atoms with van der Waals surface area (Å²) in [6.45, 7) is 6.76. The maximum Gasteiger partial charge on any atom is 0.0857 e. The predicted molar refractivity (Wildman–Crippen MR) is 135 cm³/mol. The van der Waals surface area contributed by atoms with Crippen LogP contribution in [0.2, 0.25) is 0 Å². The molecule has 0 radical (unpaired) electrons. The molecule has 0 aromatic heterocycles. The quantitative estimate of drug-likeness (QED) is 0.0874. The Morgan fingerprint density at radius 1 is 0.710 bits per heavy atom. The maximum absolute atomic E-state index is 8.25. The van der Waals surface area contributed by atoms with Gasteiger partial charge in [-0.3, -0.25) is 0 Å². The zero-order valence-electron chi connectivity index (χ0n) is 21.4. The van der Waals surface area contributed by atoms with Crippen LogP contribution in [0.5, 0.6) is 0 Å². The van der Waals surface area contributed by atoms with Gasteiger partial charge < -0.3 is 25.5 Å². The Kier molecular flexibility index (Phi) is 24.8. The SMILES string of the molecule is CCCCCCCCCCCCCCCCCCC(C)[N+](C)(C)CCCN.O=[N+]([O-])[O-]. The number of nitrogens with two attached hydrogens (primary N) is 1. The van der Waals surface area contributed by atoms with Crippen LogP contribution in [0, 0.1) is 15.3 Å². The molecule has 0 aliphatic carbocycles. The van der Waals surface area contributed by atoms with Gasteiger partial charge in [0.2, 0.25) is 0 Å². The summed E-state index contributed by atoms with van der Waals surface area (Å²) in [5, 5.41) is 14.8. The van der Waals surface area contributed by atoms with Crippen molar-refractivity contribution in [3.05, 3.63) is 15.3 Å². The Labute approximate surface area is 193 Å². The van der Waals surface area contributed by atoms with Crippen LogP contribution in [0.1, 0.15) is 129 Å². The summed E-state index contributed by atoms with van der Waals surface area (Å²) in [6.07, 6.45) is 25.8. The van der Waals surface area contributed by atoms with Crippen molar-refractivity contribution in [1.29, 1.82) is 0 Å². The van der Waals surface area contributed by atoms with Crippen LogP contribution >= 0.6 is 0 Å². The third-order valence-corrected chi connectivity index (χ3v) is 6.61. The number of quaternary nitrogens is 1. The lowest BCUT2D eigenvalue weighted by Gasteiger charge is -2.36. The lowest BCUT2D eigenvalue weighted by atomic mass is 10.0. The van der Waals surface area contributed by atoms with E-state index in [0.717, 1.165) is 23.5 Å². The van der Waals surface area contributed by atoms with E-state index in [1.54, 1.807) is 0 Å². The molecule has 2 N–H and O–H groups in total. The van der Waals surface area contributed by atoms with Crippen molar-refractivity contribution < 1.29 is 9.57 Å². The Morgan fingerprint density at radius 2 is 1.03 bits per heavy atom. The van der Waals surface area contributed by atoms with E-state index in [4.69, 9.17) is 21.1 Å². The van der Waals surface area contributed by atoms with Gasteiger partial charge in [-0.05, 0) is 26.3 Å². The molecule has 0 rings (SSSR count). The fraction of sp³-hybridized carbons (Fsp3) is 1.00. The molecule has 0 amide bonds. The molecule has 0 aromatic carbocycles. The van der Waals surface area contributed by atoms with Crippen LogP contribution in [-0.2, 0) is 0 Å². The van der Waals surface area contributed by atoms with Crippen LogP contribution in [0.15, 0.2) is 0 Å². The first kappa shape index (κ1) is 32.3. The molecular weight excluding hydrogens is 390 g/mol. The van der Waals surface area contributed by atoms with E-state index in [9.17, 15) is 0 Å². The molecule has 0 saturated heterocycles. The fourth-order valence-corrected chi connectivity index (χ4v) is 4.06. The summed E-state index contributed by atoms with van der Waals surface area (Å²) in [6, 6.07) is 0.767. The molecule has 0 fully saturated rings. The number of hydrogen-bond donors (Lipinski definition) is 1. The monoisotopic (exact) mass is 445 g/mol. The minimum Gasteiger partial charge on any atom is -0.356 e. The normalized spacial score (nSPS) is 12.3. The number of rotatable bonds is 21. The van der Waals surface area contributed by atoms with Gasteiger partial charge in [-0.2, -0.15) is 0 Å². The summed E-state index contributed by atoms with van der Waals surface area (Å²) < 4.78 is 1.13. The highest BCUT2D eigenvalue weighted by Gasteiger charge is 2.22. The van der Waals surface area contributed by atoms with E-state index in [1.165, 1.54) is 116 Å². The topological polar surface area (TPSA) is 92.2 Å². The molecule has 0 spiro atoms. The summed E-state index contributed by atoms with van der Waals surface area (Å²) in [4.78, 5) is 8.25. The highest BCUT2D eigenvalue weighted by atomic mass is 16.9. The van der Waals surface area contributed by atoms with E-state index >= 15 is 0 Å². The van der Waals surface area contributed by atoms with Crippen LogP contribution in [0.3, 0.4) is 0 Å². The van der Waals surface area contributed by atoms with Gasteiger partial charge in [-0.15, -0.1) is 0 Å². The van der Waals surface area contributed by atoms with Crippen molar-refractivity contribution in [1.82, 2.24) is 0 Å². The second-order valence-electron chi connectivity index (χ2n) is 9.81. The molecule has 0 bridgehead atoms. The van der Waals surface area contributed by atoms with Gasteiger partial charge in [0, 0.05) is 6.42 Å². The average molecular weight is 446 g/mol. The standard InChI is InChI=1S/C25H55N2.NO3/c1-5-6-7-8-9-10-11-12-13-14-15-16-17-18-19-20-22-25(2)27(3,4)24-21-23-26;2-1(3)4/h25H,5-24,26H2,1-4H3;/q+1;-1. The Balaban J connectivity index is 0. The molecule has 0 aromatic rings. The van der Waals surface area contributed by atoms with Crippen molar-refractivity contribution in [3.8, 4) is 0 Å². The molecule has 188 valence electrons. The summed E-state index contributed by atoms with van der Waals surface area (Å²) in [5.74, 6) is 0. The van der Waals surface area contributed by atoms with Gasteiger partial charge in [0.15, 0.2) is 0 Å². The first-order valence-electron chi connectivity index (χ1n) is 13.1. The summed E-state index contributed by atoms with van der Waals surface area (Å²) in [7, 11) is 4.74. The zero-order valence-corrected chi connectivity index (χ0v) is 21.4. The number of nitrogens with zero attached hydrogens (tertiary/aromatic N) is 2. The second-order valence-corrected chi connectivity index (χ2v) is 9.81. The second kappa shape index (κ2) is 23.8. The molecule has 6 nitrogen and oxygen atoms in total. The summed E-state index contributed by atoms with van der Waals surface area (Å²) >= 11 is 0. The Bertz CT molecular complexity index is 375. The minimum absolute atomic E-state index is 0.767. The largest absolute Gasteiger partial charge is 0.356 e. The van der Waals surface area contributed by atoms with Gasteiger partial charge in [-0.1, -0.05) is 103 Å². The van der Waals surface area contributed by atoms with E-state index in [1.807, 2.05) is 0 Å². The molecule has 1 unspecified atom stereocenters. The lowest BCUT2D eigenvalue weighted by Crippen LogP contribution is -2.48. The van der Waals surface area contributed by atoms with Gasteiger partial charge in [0.1, 0.15) is 0 Å². The molecular formula is C25H55N3O3. The molecule has 6 heteroatoms. The Hall–Kier alpha value is -0.880. The molecule has 31 heavy (non-hydrogen) atoms. The third-order valence-electron chi connectivity index (χ3n) is 6.61. The van der Waals surface area contributed by atoms with Crippen LogP contribution in [0.25, 0.3) is 0 Å². The maximum atomic E-state index is 8.25. The molecule has 0 heterocycles. The minimum atomic E-state index is -1.75. The van der Waals surface area contributed by atoms with Crippen LogP contribution in [0.4, 0.5) is 0 Å². The van der Waals surface area contributed by atoms with E-state index in [-0.39, 0.29) is 0 Å². The third kappa shape index (κ3) is 27.1. The molecule has 0 aliphatic rings. The highest BCUT2D eigenvalue weighted by Crippen LogP contribution is 2.17. The predicted octanol–water partition coefficient (Wildman–Crippen LogP) is 7.21. The molecule has 0 aliphatic heterocycles. The summed E-state index contributed by atoms with van der Waals surface area (Å²) in [5.41, 5.74) is 5.67.